The van der Waals surface area contributed by atoms with Crippen molar-refractivity contribution in [3.8, 4) is 0 Å². The van der Waals surface area contributed by atoms with Crippen LogP contribution in [-0.4, -0.2) is 29.0 Å². The van der Waals surface area contributed by atoms with Gasteiger partial charge in [-0.15, -0.1) is 0 Å². The van der Waals surface area contributed by atoms with Crippen LogP contribution in [0.4, 0.5) is 4.39 Å². The van der Waals surface area contributed by atoms with Crippen molar-refractivity contribution in [2.45, 2.75) is 39.3 Å². The Labute approximate surface area is 113 Å². The first-order chi connectivity index (χ1) is 8.99. The Hall–Kier alpha value is -1.62. The third-order valence-corrected chi connectivity index (χ3v) is 3.34. The maximum atomic E-state index is 13.9. The second kappa shape index (κ2) is 7.09. The van der Waals surface area contributed by atoms with Crippen molar-refractivity contribution in [3.05, 3.63) is 35.1 Å². The number of rotatable bonds is 6. The molecule has 0 amide bonds. The maximum absolute atomic E-state index is 13.9. The van der Waals surface area contributed by atoms with E-state index in [-0.39, 0.29) is 11.7 Å². The SMILES string of the molecule is CCCC(C)N(C)Cc1ccc(/C(N)=N/O)cc1F. The smallest absolute Gasteiger partial charge is 0.170 e. The summed E-state index contributed by atoms with van der Waals surface area (Å²) in [5, 5.41) is 11.4. The highest BCUT2D eigenvalue weighted by Gasteiger charge is 2.12. The summed E-state index contributed by atoms with van der Waals surface area (Å²) < 4.78 is 13.9. The highest BCUT2D eigenvalue weighted by molar-refractivity contribution is 5.97. The van der Waals surface area contributed by atoms with E-state index in [9.17, 15) is 4.39 Å². The van der Waals surface area contributed by atoms with Crippen molar-refractivity contribution >= 4 is 5.84 Å². The maximum Gasteiger partial charge on any atom is 0.170 e. The predicted molar refractivity (Wildman–Crippen MR) is 74.7 cm³/mol. The fourth-order valence-corrected chi connectivity index (χ4v) is 1.96. The van der Waals surface area contributed by atoms with Crippen LogP contribution in [-0.2, 0) is 6.54 Å². The summed E-state index contributed by atoms with van der Waals surface area (Å²) in [5.74, 6) is -0.419. The first kappa shape index (κ1) is 15.4. The second-order valence-corrected chi connectivity index (χ2v) is 4.84. The Bertz CT molecular complexity index is 448. The van der Waals surface area contributed by atoms with E-state index in [4.69, 9.17) is 10.9 Å². The van der Waals surface area contributed by atoms with Crippen molar-refractivity contribution in [2.75, 3.05) is 7.05 Å². The first-order valence-corrected chi connectivity index (χ1v) is 6.46. The van der Waals surface area contributed by atoms with Gasteiger partial charge in [-0.1, -0.05) is 30.6 Å². The average Bonchev–Trinajstić information content (AvgIpc) is 2.40. The zero-order chi connectivity index (χ0) is 14.4. The van der Waals surface area contributed by atoms with Gasteiger partial charge in [0.2, 0.25) is 0 Å². The molecule has 5 heteroatoms. The van der Waals surface area contributed by atoms with E-state index in [1.807, 2.05) is 7.05 Å². The molecule has 19 heavy (non-hydrogen) atoms. The standard InChI is InChI=1S/C14H22FN3O/c1-4-5-10(2)18(3)9-12-7-6-11(8-13(12)15)14(16)17-19/h6-8,10,19H,4-5,9H2,1-3H3,(H2,16,17). The minimum Gasteiger partial charge on any atom is -0.409 e. The number of halogens is 1. The topological polar surface area (TPSA) is 61.8 Å². The van der Waals surface area contributed by atoms with Crippen molar-refractivity contribution < 1.29 is 9.60 Å². The van der Waals surface area contributed by atoms with Crippen molar-refractivity contribution in [2.24, 2.45) is 10.9 Å². The van der Waals surface area contributed by atoms with Crippen LogP contribution in [0.1, 0.15) is 37.8 Å². The third kappa shape index (κ3) is 4.21. The summed E-state index contributed by atoms with van der Waals surface area (Å²) in [7, 11) is 1.98. The molecule has 4 nitrogen and oxygen atoms in total. The predicted octanol–water partition coefficient (Wildman–Crippen LogP) is 2.54. The summed E-state index contributed by atoms with van der Waals surface area (Å²) in [4.78, 5) is 2.12. The lowest BCUT2D eigenvalue weighted by Crippen LogP contribution is -2.28. The first-order valence-electron chi connectivity index (χ1n) is 6.46. The molecule has 1 unspecified atom stereocenters. The molecule has 1 aromatic carbocycles. The highest BCUT2D eigenvalue weighted by Crippen LogP contribution is 2.15. The van der Waals surface area contributed by atoms with Gasteiger partial charge in [0.1, 0.15) is 5.82 Å². The molecule has 3 N–H and O–H groups in total. The van der Waals surface area contributed by atoms with Crippen LogP contribution in [0.3, 0.4) is 0 Å². The number of benzene rings is 1. The number of oxime groups is 1. The molecule has 106 valence electrons. The van der Waals surface area contributed by atoms with Gasteiger partial charge in [0.25, 0.3) is 0 Å². The van der Waals surface area contributed by atoms with E-state index in [1.165, 1.54) is 6.07 Å². The molecule has 0 aliphatic carbocycles. The van der Waals surface area contributed by atoms with Gasteiger partial charge in [0, 0.05) is 23.7 Å². The van der Waals surface area contributed by atoms with Gasteiger partial charge >= 0.3 is 0 Å². The minimum atomic E-state index is -0.334. The zero-order valence-electron chi connectivity index (χ0n) is 11.7. The normalized spacial score (nSPS) is 13.8. The van der Waals surface area contributed by atoms with E-state index in [1.54, 1.807) is 12.1 Å². The molecule has 1 atom stereocenters. The van der Waals surface area contributed by atoms with E-state index in [0.717, 1.165) is 12.8 Å². The van der Waals surface area contributed by atoms with Crippen LogP contribution in [0.15, 0.2) is 23.4 Å². The van der Waals surface area contributed by atoms with Crippen LogP contribution < -0.4 is 5.73 Å². The average molecular weight is 267 g/mol. The molecule has 0 radical (unpaired) electrons. The second-order valence-electron chi connectivity index (χ2n) is 4.84. The molecule has 0 aliphatic rings. The fraction of sp³-hybridized carbons (Fsp3) is 0.500. The van der Waals surface area contributed by atoms with Crippen LogP contribution in [0.2, 0.25) is 0 Å². The summed E-state index contributed by atoms with van der Waals surface area (Å²) in [6.45, 7) is 4.81. The molecule has 0 aromatic heterocycles. The molecule has 0 saturated heterocycles. The van der Waals surface area contributed by atoms with Gasteiger partial charge in [-0.05, 0) is 26.5 Å². The minimum absolute atomic E-state index is 0.0850. The molecule has 0 aliphatic heterocycles. The van der Waals surface area contributed by atoms with Crippen LogP contribution in [0.5, 0.6) is 0 Å². The number of nitrogens with two attached hydrogens (primary N) is 1. The fourth-order valence-electron chi connectivity index (χ4n) is 1.96. The lowest BCUT2D eigenvalue weighted by atomic mass is 10.1. The summed E-state index contributed by atoms with van der Waals surface area (Å²) >= 11 is 0. The largest absolute Gasteiger partial charge is 0.409 e. The highest BCUT2D eigenvalue weighted by atomic mass is 19.1. The summed E-state index contributed by atoms with van der Waals surface area (Å²) in [6.07, 6.45) is 2.19. The van der Waals surface area contributed by atoms with Crippen molar-refractivity contribution in [1.29, 1.82) is 0 Å². The number of hydrogen-bond donors (Lipinski definition) is 2. The summed E-state index contributed by atoms with van der Waals surface area (Å²) in [5.41, 5.74) is 6.42. The zero-order valence-corrected chi connectivity index (χ0v) is 11.7. The van der Waals surface area contributed by atoms with Gasteiger partial charge < -0.3 is 10.9 Å². The Morgan fingerprint density at radius 3 is 2.74 bits per heavy atom. The van der Waals surface area contributed by atoms with Gasteiger partial charge in [0.05, 0.1) is 0 Å². The van der Waals surface area contributed by atoms with Gasteiger partial charge in [-0.25, -0.2) is 4.39 Å². The Balaban J connectivity index is 2.80. The molecule has 0 fully saturated rings. The van der Waals surface area contributed by atoms with E-state index in [2.05, 4.69) is 23.9 Å². The molecular formula is C14H22FN3O. The lowest BCUT2D eigenvalue weighted by molar-refractivity contribution is 0.234. The Morgan fingerprint density at radius 1 is 1.53 bits per heavy atom. The third-order valence-electron chi connectivity index (χ3n) is 3.34. The van der Waals surface area contributed by atoms with E-state index in [0.29, 0.717) is 23.7 Å². The van der Waals surface area contributed by atoms with Gasteiger partial charge in [-0.2, -0.15) is 0 Å². The van der Waals surface area contributed by atoms with E-state index < -0.39 is 0 Å². The van der Waals surface area contributed by atoms with Crippen LogP contribution >= 0.6 is 0 Å². The molecular weight excluding hydrogens is 245 g/mol. The molecule has 0 bridgehead atoms. The molecule has 0 heterocycles. The van der Waals surface area contributed by atoms with Gasteiger partial charge in [0.15, 0.2) is 5.84 Å². The molecule has 1 aromatic rings. The quantitative estimate of drug-likeness (QED) is 0.360. The number of hydrogen-bond acceptors (Lipinski definition) is 3. The number of nitrogens with zero attached hydrogens (tertiary/aromatic N) is 2. The summed E-state index contributed by atoms with van der Waals surface area (Å²) in [6, 6.07) is 5.04. The van der Waals surface area contributed by atoms with E-state index >= 15 is 0 Å². The Kier molecular flexibility index (Phi) is 5.76. The number of amidine groups is 1. The molecule has 0 saturated carbocycles. The van der Waals surface area contributed by atoms with Gasteiger partial charge in [-0.3, -0.25) is 4.90 Å². The lowest BCUT2D eigenvalue weighted by Gasteiger charge is -2.24. The molecule has 1 rings (SSSR count). The Morgan fingerprint density at radius 2 is 2.21 bits per heavy atom. The molecule has 0 spiro atoms. The van der Waals surface area contributed by atoms with Crippen molar-refractivity contribution in [3.63, 3.8) is 0 Å². The van der Waals surface area contributed by atoms with Crippen molar-refractivity contribution in [1.82, 2.24) is 4.90 Å². The monoisotopic (exact) mass is 267 g/mol. The van der Waals surface area contributed by atoms with Crippen LogP contribution in [0, 0.1) is 5.82 Å². The van der Waals surface area contributed by atoms with Crippen LogP contribution in [0.25, 0.3) is 0 Å².